The molecule has 0 spiro atoms. The third-order valence-corrected chi connectivity index (χ3v) is 1.51. The second-order valence-corrected chi connectivity index (χ2v) is 2.27. The third kappa shape index (κ3) is 1.23. The molecule has 0 aromatic rings. The molecular formula is C7H12N2O. The molecule has 1 atom stereocenters. The normalized spacial score (nSPS) is 24.4. The molecule has 0 radical (unpaired) electrons. The second kappa shape index (κ2) is 2.64. The molecule has 10 heavy (non-hydrogen) atoms. The van der Waals surface area contributed by atoms with E-state index in [0.717, 1.165) is 11.6 Å². The molecule has 1 aliphatic heterocycles. The van der Waals surface area contributed by atoms with E-state index in [9.17, 15) is 0 Å². The maximum Gasteiger partial charge on any atom is 0.186 e. The molecule has 0 fully saturated rings. The van der Waals surface area contributed by atoms with Crippen LogP contribution in [-0.2, 0) is 4.74 Å². The van der Waals surface area contributed by atoms with Crippen LogP contribution < -0.4 is 11.1 Å². The van der Waals surface area contributed by atoms with E-state index in [4.69, 9.17) is 10.5 Å². The van der Waals surface area contributed by atoms with Gasteiger partial charge in [0.1, 0.15) is 0 Å². The molecule has 0 aromatic carbocycles. The lowest BCUT2D eigenvalue weighted by Crippen LogP contribution is -2.33. The van der Waals surface area contributed by atoms with E-state index >= 15 is 0 Å². The molecule has 0 saturated carbocycles. The molecule has 3 nitrogen and oxygen atoms in total. The highest BCUT2D eigenvalue weighted by atomic mass is 16.5. The second-order valence-electron chi connectivity index (χ2n) is 2.27. The van der Waals surface area contributed by atoms with Gasteiger partial charge in [0.25, 0.3) is 0 Å². The van der Waals surface area contributed by atoms with Crippen LogP contribution in [0.15, 0.2) is 23.7 Å². The fourth-order valence-corrected chi connectivity index (χ4v) is 0.788. The van der Waals surface area contributed by atoms with Gasteiger partial charge in [-0.25, -0.2) is 0 Å². The summed E-state index contributed by atoms with van der Waals surface area (Å²) in [7, 11) is 1.63. The summed E-state index contributed by atoms with van der Waals surface area (Å²) in [6.07, 6.45) is 3.66. The largest absolute Gasteiger partial charge is 0.483 e. The average molecular weight is 140 g/mol. The Labute approximate surface area is 60.5 Å². The molecule has 0 bridgehead atoms. The summed E-state index contributed by atoms with van der Waals surface area (Å²) < 4.78 is 4.96. The lowest BCUT2D eigenvalue weighted by Gasteiger charge is -2.20. The zero-order chi connectivity index (χ0) is 7.56. The van der Waals surface area contributed by atoms with Crippen LogP contribution in [0.4, 0.5) is 0 Å². The van der Waals surface area contributed by atoms with E-state index in [0.29, 0.717) is 0 Å². The first-order chi connectivity index (χ1) is 4.74. The van der Waals surface area contributed by atoms with E-state index in [1.165, 1.54) is 0 Å². The lowest BCUT2D eigenvalue weighted by molar-refractivity contribution is 0.253. The van der Waals surface area contributed by atoms with Gasteiger partial charge in [0.05, 0.1) is 13.2 Å². The van der Waals surface area contributed by atoms with Crippen LogP contribution in [0, 0.1) is 0 Å². The van der Waals surface area contributed by atoms with Gasteiger partial charge in [0.15, 0.2) is 5.88 Å². The quantitative estimate of drug-likeness (QED) is 0.551. The maximum atomic E-state index is 5.59. The summed E-state index contributed by atoms with van der Waals surface area (Å²) >= 11 is 0. The molecule has 1 aliphatic rings. The Morgan fingerprint density at radius 2 is 2.30 bits per heavy atom. The van der Waals surface area contributed by atoms with Gasteiger partial charge in [0, 0.05) is 5.70 Å². The van der Waals surface area contributed by atoms with Crippen molar-refractivity contribution >= 4 is 0 Å². The number of dihydropyridines is 1. The summed E-state index contributed by atoms with van der Waals surface area (Å²) in [6, 6.07) is 0.181. The molecule has 0 amide bonds. The number of rotatable bonds is 1. The van der Waals surface area contributed by atoms with Gasteiger partial charge in [-0.05, 0) is 19.1 Å². The molecule has 0 aliphatic carbocycles. The highest BCUT2D eigenvalue weighted by Gasteiger charge is 2.09. The highest BCUT2D eigenvalue weighted by molar-refractivity contribution is 5.21. The molecule has 56 valence electrons. The van der Waals surface area contributed by atoms with Crippen molar-refractivity contribution in [3.05, 3.63) is 23.7 Å². The first kappa shape index (κ1) is 6.99. The third-order valence-electron chi connectivity index (χ3n) is 1.51. The van der Waals surface area contributed by atoms with E-state index < -0.39 is 0 Å². The van der Waals surface area contributed by atoms with Gasteiger partial charge in [-0.3, -0.25) is 0 Å². The first-order valence-corrected chi connectivity index (χ1v) is 3.22. The Kier molecular flexibility index (Phi) is 1.85. The highest BCUT2D eigenvalue weighted by Crippen LogP contribution is 2.05. The summed E-state index contributed by atoms with van der Waals surface area (Å²) in [6.45, 7) is 1.98. The minimum Gasteiger partial charge on any atom is -0.483 e. The zero-order valence-corrected chi connectivity index (χ0v) is 6.22. The molecular weight excluding hydrogens is 128 g/mol. The van der Waals surface area contributed by atoms with Gasteiger partial charge in [-0.2, -0.15) is 0 Å². The fraction of sp³-hybridized carbons (Fsp3) is 0.429. The number of hydrogen-bond donors (Lipinski definition) is 2. The molecule has 3 heteroatoms. The summed E-state index contributed by atoms with van der Waals surface area (Å²) in [5, 5.41) is 3.06. The van der Waals surface area contributed by atoms with E-state index in [1.54, 1.807) is 7.11 Å². The number of nitrogens with one attached hydrogen (secondary N) is 1. The average Bonchev–Trinajstić information content (AvgIpc) is 1.95. The Bertz CT molecular complexity index is 184. The van der Waals surface area contributed by atoms with Gasteiger partial charge in [-0.15, -0.1) is 0 Å². The van der Waals surface area contributed by atoms with Crippen molar-refractivity contribution in [3.63, 3.8) is 0 Å². The van der Waals surface area contributed by atoms with Crippen LogP contribution in [0.2, 0.25) is 0 Å². The van der Waals surface area contributed by atoms with Crippen molar-refractivity contribution in [2.45, 2.75) is 13.0 Å². The molecule has 1 heterocycles. The van der Waals surface area contributed by atoms with Crippen molar-refractivity contribution in [2.24, 2.45) is 5.73 Å². The van der Waals surface area contributed by atoms with Crippen molar-refractivity contribution in [1.29, 1.82) is 0 Å². The Balaban J connectivity index is 2.68. The number of nitrogens with two attached hydrogens (primary N) is 1. The van der Waals surface area contributed by atoms with Crippen LogP contribution in [0.1, 0.15) is 6.92 Å². The van der Waals surface area contributed by atoms with E-state index in [2.05, 4.69) is 5.32 Å². The van der Waals surface area contributed by atoms with Crippen molar-refractivity contribution in [1.82, 2.24) is 5.32 Å². The summed E-state index contributed by atoms with van der Waals surface area (Å²) in [5.74, 6) is 0.765. The van der Waals surface area contributed by atoms with Crippen LogP contribution in [0.5, 0.6) is 0 Å². The number of allylic oxidation sites excluding steroid dienone is 2. The Hall–Kier alpha value is -1.12. The minimum atomic E-state index is 0.181. The lowest BCUT2D eigenvalue weighted by atomic mass is 10.2. The molecule has 1 unspecified atom stereocenters. The monoisotopic (exact) mass is 140 g/mol. The van der Waals surface area contributed by atoms with Crippen molar-refractivity contribution < 1.29 is 4.74 Å². The van der Waals surface area contributed by atoms with Gasteiger partial charge < -0.3 is 15.8 Å². The van der Waals surface area contributed by atoms with Crippen LogP contribution in [0.3, 0.4) is 0 Å². The van der Waals surface area contributed by atoms with Crippen LogP contribution in [-0.4, -0.2) is 13.2 Å². The van der Waals surface area contributed by atoms with Gasteiger partial charge in [0.2, 0.25) is 0 Å². The van der Waals surface area contributed by atoms with Crippen LogP contribution in [0.25, 0.3) is 0 Å². The molecule has 3 N–H and O–H groups in total. The minimum absolute atomic E-state index is 0.181. The number of methoxy groups -OCH3 is 1. The molecule has 0 saturated heterocycles. The Morgan fingerprint density at radius 1 is 1.60 bits per heavy atom. The van der Waals surface area contributed by atoms with Crippen molar-refractivity contribution in [2.75, 3.05) is 7.11 Å². The van der Waals surface area contributed by atoms with E-state index in [-0.39, 0.29) is 6.04 Å². The van der Waals surface area contributed by atoms with E-state index in [1.807, 2.05) is 19.1 Å². The van der Waals surface area contributed by atoms with Gasteiger partial charge >= 0.3 is 0 Å². The SMILES string of the molecule is COC1=CC=C(N)C(C)N1. The van der Waals surface area contributed by atoms with Crippen LogP contribution >= 0.6 is 0 Å². The van der Waals surface area contributed by atoms with Gasteiger partial charge in [-0.1, -0.05) is 0 Å². The maximum absolute atomic E-state index is 5.59. The fourth-order valence-electron chi connectivity index (χ4n) is 0.788. The molecule has 1 rings (SSSR count). The first-order valence-electron chi connectivity index (χ1n) is 3.22. The number of ether oxygens (including phenoxy) is 1. The smallest absolute Gasteiger partial charge is 0.186 e. The molecule has 0 aromatic heterocycles. The predicted molar refractivity (Wildman–Crippen MR) is 40.0 cm³/mol. The predicted octanol–water partition coefficient (Wildman–Crippen LogP) is 0.308. The summed E-state index contributed by atoms with van der Waals surface area (Å²) in [5.41, 5.74) is 6.43. The van der Waals surface area contributed by atoms with Crippen molar-refractivity contribution in [3.8, 4) is 0 Å². The summed E-state index contributed by atoms with van der Waals surface area (Å²) in [4.78, 5) is 0. The standard InChI is InChI=1S/C7H12N2O/c1-5-6(8)3-4-7(9-5)10-2/h3-5,9H,8H2,1-2H3. The zero-order valence-electron chi connectivity index (χ0n) is 6.22. The number of hydrogen-bond acceptors (Lipinski definition) is 3. The topological polar surface area (TPSA) is 47.3 Å². The Morgan fingerprint density at radius 3 is 2.80 bits per heavy atom.